The van der Waals surface area contributed by atoms with Crippen LogP contribution in [0.3, 0.4) is 0 Å². The minimum atomic E-state index is 0.557. The average Bonchev–Trinajstić information content (AvgIpc) is 3.08. The van der Waals surface area contributed by atoms with Gasteiger partial charge in [0.05, 0.1) is 16.7 Å². The van der Waals surface area contributed by atoms with Gasteiger partial charge in [-0.05, 0) is 31.2 Å². The smallest absolute Gasteiger partial charge is 0.177 e. The van der Waals surface area contributed by atoms with E-state index in [9.17, 15) is 0 Å². The highest BCUT2D eigenvalue weighted by molar-refractivity contribution is 5.76. The van der Waals surface area contributed by atoms with Crippen LogP contribution in [-0.2, 0) is 0 Å². The second kappa shape index (κ2) is 5.91. The van der Waals surface area contributed by atoms with E-state index in [-0.39, 0.29) is 0 Å². The van der Waals surface area contributed by atoms with Crippen LogP contribution in [0.1, 0.15) is 5.69 Å². The molecule has 0 atom stereocenters. The van der Waals surface area contributed by atoms with Crippen LogP contribution in [0, 0.1) is 12.8 Å². The van der Waals surface area contributed by atoms with Crippen molar-refractivity contribution < 1.29 is 0 Å². The molecule has 8 nitrogen and oxygen atoms in total. The van der Waals surface area contributed by atoms with Crippen molar-refractivity contribution in [3.8, 4) is 0 Å². The molecule has 0 saturated carbocycles. The Morgan fingerprint density at radius 1 is 1.08 bits per heavy atom. The maximum Gasteiger partial charge on any atom is 0.177 e. The molecule has 5 rings (SSSR count). The van der Waals surface area contributed by atoms with Crippen LogP contribution in [0.25, 0.3) is 16.7 Å². The fraction of sp³-hybridized carbons (Fsp3) is 0.278. The molecule has 0 amide bonds. The van der Waals surface area contributed by atoms with Crippen molar-refractivity contribution in [1.29, 1.82) is 0 Å². The first-order valence-electron chi connectivity index (χ1n) is 8.65. The number of para-hydroxylation sites is 2. The van der Waals surface area contributed by atoms with Crippen molar-refractivity contribution >= 4 is 28.3 Å². The van der Waals surface area contributed by atoms with Gasteiger partial charge in [0, 0.05) is 25.6 Å². The molecular weight excluding hydrogens is 328 g/mol. The van der Waals surface area contributed by atoms with Gasteiger partial charge in [0.1, 0.15) is 18.0 Å². The SMILES string of the molecule is Cc1nc2ccccc2nc1NCC1CN(c2ccc3nncn3n2)C1. The molecule has 0 spiro atoms. The molecular formula is C18H18N8. The molecule has 130 valence electrons. The number of nitrogens with one attached hydrogen (secondary N) is 1. The summed E-state index contributed by atoms with van der Waals surface area (Å²) in [6.07, 6.45) is 1.62. The number of rotatable bonds is 4. The summed E-state index contributed by atoms with van der Waals surface area (Å²) in [6.45, 7) is 4.80. The number of hydrogen-bond donors (Lipinski definition) is 1. The summed E-state index contributed by atoms with van der Waals surface area (Å²) >= 11 is 0. The Labute approximate surface area is 149 Å². The van der Waals surface area contributed by atoms with Crippen LogP contribution in [-0.4, -0.2) is 49.4 Å². The second-order valence-electron chi connectivity index (χ2n) is 6.62. The maximum atomic E-state index is 4.69. The highest BCUT2D eigenvalue weighted by Crippen LogP contribution is 2.23. The van der Waals surface area contributed by atoms with E-state index in [4.69, 9.17) is 4.98 Å². The van der Waals surface area contributed by atoms with Gasteiger partial charge in [0.2, 0.25) is 0 Å². The zero-order chi connectivity index (χ0) is 17.5. The highest BCUT2D eigenvalue weighted by atomic mass is 15.4. The van der Waals surface area contributed by atoms with E-state index in [2.05, 4.69) is 30.5 Å². The molecule has 0 bridgehead atoms. The van der Waals surface area contributed by atoms with Crippen LogP contribution in [0.5, 0.6) is 0 Å². The summed E-state index contributed by atoms with van der Waals surface area (Å²) in [4.78, 5) is 11.6. The minimum Gasteiger partial charge on any atom is -0.368 e. The summed E-state index contributed by atoms with van der Waals surface area (Å²) in [5.41, 5.74) is 3.54. The number of nitrogens with zero attached hydrogens (tertiary/aromatic N) is 7. The fourth-order valence-electron chi connectivity index (χ4n) is 3.27. The lowest BCUT2D eigenvalue weighted by molar-refractivity contribution is 0.424. The summed E-state index contributed by atoms with van der Waals surface area (Å²) in [5.74, 6) is 2.38. The second-order valence-corrected chi connectivity index (χ2v) is 6.62. The van der Waals surface area contributed by atoms with Gasteiger partial charge in [-0.15, -0.1) is 15.3 Å². The third kappa shape index (κ3) is 2.59. The van der Waals surface area contributed by atoms with E-state index < -0.39 is 0 Å². The minimum absolute atomic E-state index is 0.557. The lowest BCUT2D eigenvalue weighted by Crippen LogP contribution is -2.50. The van der Waals surface area contributed by atoms with E-state index >= 15 is 0 Å². The molecule has 26 heavy (non-hydrogen) atoms. The first kappa shape index (κ1) is 15.0. The Morgan fingerprint density at radius 2 is 1.88 bits per heavy atom. The van der Waals surface area contributed by atoms with Crippen molar-refractivity contribution in [2.45, 2.75) is 6.92 Å². The summed E-state index contributed by atoms with van der Waals surface area (Å²) in [6, 6.07) is 11.9. The molecule has 1 aliphatic rings. The van der Waals surface area contributed by atoms with Crippen LogP contribution in [0.15, 0.2) is 42.7 Å². The molecule has 1 aromatic carbocycles. The van der Waals surface area contributed by atoms with E-state index in [1.807, 2.05) is 43.3 Å². The molecule has 1 fully saturated rings. The Bertz CT molecular complexity index is 1080. The first-order chi connectivity index (χ1) is 12.8. The van der Waals surface area contributed by atoms with Crippen molar-refractivity contribution in [2.24, 2.45) is 5.92 Å². The van der Waals surface area contributed by atoms with Gasteiger partial charge in [0.25, 0.3) is 0 Å². The van der Waals surface area contributed by atoms with Gasteiger partial charge in [-0.3, -0.25) is 0 Å². The van der Waals surface area contributed by atoms with Crippen molar-refractivity contribution in [2.75, 3.05) is 29.9 Å². The fourth-order valence-corrected chi connectivity index (χ4v) is 3.27. The number of anilines is 2. The normalized spacial score (nSPS) is 14.7. The van der Waals surface area contributed by atoms with Crippen LogP contribution in [0.2, 0.25) is 0 Å². The van der Waals surface area contributed by atoms with Gasteiger partial charge in [-0.2, -0.15) is 4.52 Å². The third-order valence-electron chi connectivity index (χ3n) is 4.73. The van der Waals surface area contributed by atoms with Gasteiger partial charge < -0.3 is 10.2 Å². The van der Waals surface area contributed by atoms with E-state index in [0.29, 0.717) is 5.92 Å². The zero-order valence-corrected chi connectivity index (χ0v) is 14.4. The topological polar surface area (TPSA) is 84.1 Å². The molecule has 1 N–H and O–H groups in total. The average molecular weight is 346 g/mol. The molecule has 1 saturated heterocycles. The number of benzene rings is 1. The molecule has 4 aromatic rings. The van der Waals surface area contributed by atoms with Gasteiger partial charge >= 0.3 is 0 Å². The molecule has 0 aliphatic carbocycles. The summed E-state index contributed by atoms with van der Waals surface area (Å²) < 4.78 is 1.70. The number of fused-ring (bicyclic) bond motifs is 2. The Morgan fingerprint density at radius 3 is 2.73 bits per heavy atom. The largest absolute Gasteiger partial charge is 0.368 e. The highest BCUT2D eigenvalue weighted by Gasteiger charge is 2.28. The van der Waals surface area contributed by atoms with E-state index in [1.165, 1.54) is 0 Å². The molecule has 0 unspecified atom stereocenters. The lowest BCUT2D eigenvalue weighted by atomic mass is 10.0. The molecule has 3 aromatic heterocycles. The predicted molar refractivity (Wildman–Crippen MR) is 99.2 cm³/mol. The Hall–Kier alpha value is -3.29. The maximum absolute atomic E-state index is 4.69. The Kier molecular flexibility index (Phi) is 3.41. The van der Waals surface area contributed by atoms with Crippen LogP contribution < -0.4 is 10.2 Å². The van der Waals surface area contributed by atoms with Crippen LogP contribution in [0.4, 0.5) is 11.6 Å². The number of aromatic nitrogens is 6. The lowest BCUT2D eigenvalue weighted by Gasteiger charge is -2.40. The third-order valence-corrected chi connectivity index (χ3v) is 4.73. The van der Waals surface area contributed by atoms with Gasteiger partial charge in [0.15, 0.2) is 5.65 Å². The van der Waals surface area contributed by atoms with Crippen molar-refractivity contribution in [1.82, 2.24) is 29.8 Å². The summed E-state index contributed by atoms with van der Waals surface area (Å²) in [7, 11) is 0. The molecule has 0 radical (unpaired) electrons. The predicted octanol–water partition coefficient (Wildman–Crippen LogP) is 1.92. The Balaban J connectivity index is 1.23. The quantitative estimate of drug-likeness (QED) is 0.604. The first-order valence-corrected chi connectivity index (χ1v) is 8.65. The number of aryl methyl sites for hydroxylation is 1. The summed E-state index contributed by atoms with van der Waals surface area (Å²) in [5, 5.41) is 15.8. The van der Waals surface area contributed by atoms with E-state index in [1.54, 1.807) is 10.8 Å². The standard InChI is InChI=1S/C18H18N8/c1-12-18(22-15-5-3-2-4-14(15)21-12)19-8-13-9-25(10-13)17-7-6-16-23-20-11-26(16)24-17/h2-7,11,13H,8-10H2,1H3,(H,19,22). The van der Waals surface area contributed by atoms with Gasteiger partial charge in [-0.25, -0.2) is 9.97 Å². The molecule has 4 heterocycles. The zero-order valence-electron chi connectivity index (χ0n) is 14.4. The number of hydrogen-bond acceptors (Lipinski definition) is 7. The van der Waals surface area contributed by atoms with Crippen molar-refractivity contribution in [3.05, 3.63) is 48.4 Å². The van der Waals surface area contributed by atoms with Gasteiger partial charge in [-0.1, -0.05) is 12.1 Å². The molecule has 1 aliphatic heterocycles. The monoisotopic (exact) mass is 346 g/mol. The van der Waals surface area contributed by atoms with E-state index in [0.717, 1.165) is 53.6 Å². The van der Waals surface area contributed by atoms with Crippen LogP contribution >= 0.6 is 0 Å². The van der Waals surface area contributed by atoms with Crippen molar-refractivity contribution in [3.63, 3.8) is 0 Å². The molecule has 8 heteroatoms.